The monoisotopic (exact) mass is 378 g/mol. The molecule has 0 spiro atoms. The third-order valence-corrected chi connectivity index (χ3v) is 3.54. The molecule has 0 radical (unpaired) electrons. The third-order valence-electron chi connectivity index (χ3n) is 3.54. The standard InChI is InChI=1S/C17H18N2O8/c20-12-2-1-10(8-27-25)11(5-12)7-26-19-9-18-16(22)15-6-13(21)3-4-14(15)17(23)24/h1-6,19-21,25H,7-9H2,(H,18,22)(H,23,24). The number of carbonyl (C=O) groups is 2. The molecule has 2 aromatic carbocycles. The summed E-state index contributed by atoms with van der Waals surface area (Å²) in [5, 5.41) is 39.0. The van der Waals surface area contributed by atoms with Crippen molar-refractivity contribution in [1.82, 2.24) is 10.8 Å². The second kappa shape index (κ2) is 9.50. The summed E-state index contributed by atoms with van der Waals surface area (Å²) in [4.78, 5) is 32.5. The first-order valence-electron chi connectivity index (χ1n) is 7.68. The Hall–Kier alpha value is -3.18. The molecule has 0 heterocycles. The number of carboxylic acids is 1. The Morgan fingerprint density at radius 3 is 2.33 bits per heavy atom. The number of benzene rings is 2. The van der Waals surface area contributed by atoms with Crippen LogP contribution in [-0.4, -0.2) is 39.1 Å². The van der Waals surface area contributed by atoms with Crippen molar-refractivity contribution >= 4 is 11.9 Å². The van der Waals surface area contributed by atoms with Gasteiger partial charge < -0.3 is 20.6 Å². The number of hydrogen-bond donors (Lipinski definition) is 6. The number of hydroxylamine groups is 1. The van der Waals surface area contributed by atoms with Crippen LogP contribution in [0.5, 0.6) is 11.5 Å². The average molecular weight is 378 g/mol. The van der Waals surface area contributed by atoms with Crippen molar-refractivity contribution in [3.8, 4) is 11.5 Å². The van der Waals surface area contributed by atoms with E-state index >= 15 is 0 Å². The summed E-state index contributed by atoms with van der Waals surface area (Å²) in [6.45, 7) is -0.251. The lowest BCUT2D eigenvalue weighted by molar-refractivity contribution is -0.253. The topological polar surface area (TPSA) is 158 Å². The van der Waals surface area contributed by atoms with Gasteiger partial charge >= 0.3 is 5.97 Å². The molecule has 10 nitrogen and oxygen atoms in total. The molecular formula is C17H18N2O8. The van der Waals surface area contributed by atoms with Crippen LogP contribution in [0, 0.1) is 0 Å². The highest BCUT2D eigenvalue weighted by molar-refractivity contribution is 6.05. The molecule has 1 amide bonds. The van der Waals surface area contributed by atoms with Gasteiger partial charge in [-0.2, -0.15) is 5.48 Å². The predicted molar refractivity (Wildman–Crippen MR) is 90.8 cm³/mol. The van der Waals surface area contributed by atoms with Crippen LogP contribution in [0.1, 0.15) is 31.8 Å². The summed E-state index contributed by atoms with van der Waals surface area (Å²) < 4.78 is 0. The summed E-state index contributed by atoms with van der Waals surface area (Å²) >= 11 is 0. The maximum absolute atomic E-state index is 12.1. The van der Waals surface area contributed by atoms with Crippen LogP contribution in [0.2, 0.25) is 0 Å². The fraction of sp³-hybridized carbons (Fsp3) is 0.176. The Morgan fingerprint density at radius 2 is 1.63 bits per heavy atom. The van der Waals surface area contributed by atoms with Gasteiger partial charge in [0.25, 0.3) is 5.91 Å². The maximum atomic E-state index is 12.1. The predicted octanol–water partition coefficient (Wildman–Crippen LogP) is 1.19. The van der Waals surface area contributed by atoms with Crippen molar-refractivity contribution in [2.24, 2.45) is 0 Å². The fourth-order valence-corrected chi connectivity index (χ4v) is 2.26. The number of rotatable bonds is 9. The molecule has 0 fully saturated rings. The van der Waals surface area contributed by atoms with E-state index in [1.165, 1.54) is 18.2 Å². The summed E-state index contributed by atoms with van der Waals surface area (Å²) in [5.41, 5.74) is 3.15. The van der Waals surface area contributed by atoms with Gasteiger partial charge in [0.05, 0.1) is 24.4 Å². The fourth-order valence-electron chi connectivity index (χ4n) is 2.26. The van der Waals surface area contributed by atoms with E-state index in [2.05, 4.69) is 15.7 Å². The molecule has 0 unspecified atom stereocenters. The second-order valence-corrected chi connectivity index (χ2v) is 5.38. The van der Waals surface area contributed by atoms with Crippen molar-refractivity contribution < 1.29 is 39.9 Å². The molecule has 6 N–H and O–H groups in total. The summed E-state index contributed by atoms with van der Waals surface area (Å²) in [5.74, 6) is -2.25. The molecule has 0 aliphatic heterocycles. The van der Waals surface area contributed by atoms with Crippen LogP contribution in [-0.2, 0) is 22.9 Å². The van der Waals surface area contributed by atoms with Gasteiger partial charge in [0.2, 0.25) is 0 Å². The minimum atomic E-state index is -1.30. The SMILES string of the molecule is O=C(O)c1ccc(O)cc1C(=O)NCNOCc1cc(O)ccc1COO. The van der Waals surface area contributed by atoms with E-state index in [1.54, 1.807) is 6.07 Å². The number of nitrogens with one attached hydrogen (secondary N) is 2. The van der Waals surface area contributed by atoms with E-state index in [0.29, 0.717) is 11.1 Å². The van der Waals surface area contributed by atoms with Crippen LogP contribution in [0.4, 0.5) is 0 Å². The molecule has 0 aliphatic rings. The molecule has 144 valence electrons. The minimum Gasteiger partial charge on any atom is -0.508 e. The molecule has 2 rings (SSSR count). The van der Waals surface area contributed by atoms with Gasteiger partial charge in [0.15, 0.2) is 0 Å². The van der Waals surface area contributed by atoms with Gasteiger partial charge in [-0.25, -0.2) is 9.68 Å². The molecule has 0 saturated heterocycles. The molecule has 0 aromatic heterocycles. The number of phenolic OH excluding ortho intramolecular Hbond substituents is 2. The number of hydrogen-bond acceptors (Lipinski definition) is 8. The number of aromatic hydroxyl groups is 2. The first kappa shape index (κ1) is 20.1. The molecule has 27 heavy (non-hydrogen) atoms. The quantitative estimate of drug-likeness (QED) is 0.163. The Kier molecular flexibility index (Phi) is 7.08. The largest absolute Gasteiger partial charge is 0.508 e. The zero-order valence-electron chi connectivity index (χ0n) is 14.0. The smallest absolute Gasteiger partial charge is 0.336 e. The molecule has 10 heteroatoms. The highest BCUT2D eigenvalue weighted by Crippen LogP contribution is 2.18. The van der Waals surface area contributed by atoms with Gasteiger partial charge in [-0.05, 0) is 41.5 Å². The van der Waals surface area contributed by atoms with Crippen molar-refractivity contribution in [3.05, 3.63) is 58.7 Å². The highest BCUT2D eigenvalue weighted by Gasteiger charge is 2.17. The lowest BCUT2D eigenvalue weighted by atomic mass is 10.1. The van der Waals surface area contributed by atoms with Gasteiger partial charge in [0.1, 0.15) is 18.1 Å². The van der Waals surface area contributed by atoms with Gasteiger partial charge in [-0.1, -0.05) is 6.07 Å². The lowest BCUT2D eigenvalue weighted by Crippen LogP contribution is -2.34. The summed E-state index contributed by atoms with van der Waals surface area (Å²) in [6, 6.07) is 7.77. The number of carboxylic acid groups (broad SMARTS) is 1. The average Bonchev–Trinajstić information content (AvgIpc) is 2.63. The van der Waals surface area contributed by atoms with Crippen molar-refractivity contribution in [2.45, 2.75) is 13.2 Å². The van der Waals surface area contributed by atoms with E-state index in [1.807, 2.05) is 0 Å². The zero-order chi connectivity index (χ0) is 19.8. The van der Waals surface area contributed by atoms with Gasteiger partial charge in [0, 0.05) is 0 Å². The van der Waals surface area contributed by atoms with E-state index in [-0.39, 0.29) is 42.5 Å². The Bertz CT molecular complexity index is 825. The minimum absolute atomic E-state index is 0.00450. The number of aromatic carboxylic acids is 1. The Labute approximate surface area is 153 Å². The van der Waals surface area contributed by atoms with Gasteiger partial charge in [-0.15, -0.1) is 0 Å². The number of carbonyl (C=O) groups excluding carboxylic acids is 1. The number of phenols is 2. The Balaban J connectivity index is 1.88. The second-order valence-electron chi connectivity index (χ2n) is 5.38. The van der Waals surface area contributed by atoms with E-state index < -0.39 is 11.9 Å². The first-order valence-corrected chi connectivity index (χ1v) is 7.68. The molecule has 0 aliphatic carbocycles. The van der Waals surface area contributed by atoms with E-state index in [4.69, 9.17) is 15.2 Å². The molecule has 0 atom stereocenters. The normalized spacial score (nSPS) is 10.6. The maximum Gasteiger partial charge on any atom is 0.336 e. The highest BCUT2D eigenvalue weighted by atomic mass is 17.1. The van der Waals surface area contributed by atoms with E-state index in [0.717, 1.165) is 12.1 Å². The van der Waals surface area contributed by atoms with Crippen molar-refractivity contribution in [3.63, 3.8) is 0 Å². The zero-order valence-corrected chi connectivity index (χ0v) is 14.0. The van der Waals surface area contributed by atoms with Crippen LogP contribution in [0.3, 0.4) is 0 Å². The molecule has 2 aromatic rings. The van der Waals surface area contributed by atoms with Crippen LogP contribution >= 0.6 is 0 Å². The lowest BCUT2D eigenvalue weighted by Gasteiger charge is -2.11. The molecular weight excluding hydrogens is 360 g/mol. The first-order chi connectivity index (χ1) is 12.9. The van der Waals surface area contributed by atoms with Crippen LogP contribution < -0.4 is 10.8 Å². The van der Waals surface area contributed by atoms with E-state index in [9.17, 15) is 19.8 Å². The van der Waals surface area contributed by atoms with Crippen LogP contribution in [0.15, 0.2) is 36.4 Å². The van der Waals surface area contributed by atoms with Gasteiger partial charge in [-0.3, -0.25) is 14.9 Å². The number of amides is 1. The van der Waals surface area contributed by atoms with Crippen molar-refractivity contribution in [1.29, 1.82) is 0 Å². The summed E-state index contributed by atoms with van der Waals surface area (Å²) in [6.07, 6.45) is 0. The Morgan fingerprint density at radius 1 is 0.926 bits per heavy atom. The molecule has 0 saturated carbocycles. The third kappa shape index (κ3) is 5.66. The molecule has 0 bridgehead atoms. The van der Waals surface area contributed by atoms with Crippen molar-refractivity contribution in [2.75, 3.05) is 6.67 Å². The summed E-state index contributed by atoms with van der Waals surface area (Å²) in [7, 11) is 0. The van der Waals surface area contributed by atoms with Crippen LogP contribution in [0.25, 0.3) is 0 Å².